The minimum absolute atomic E-state index is 0.174. The third kappa shape index (κ3) is 3.45. The highest BCUT2D eigenvalue weighted by molar-refractivity contribution is 7.03. The lowest BCUT2D eigenvalue weighted by Gasteiger charge is -2.21. The number of aliphatic hydroxyl groups excluding tert-OH is 1. The number of nitrogens with one attached hydrogen (secondary N) is 1. The molecule has 0 aliphatic heterocycles. The Morgan fingerprint density at radius 1 is 1.41 bits per heavy atom. The van der Waals surface area contributed by atoms with Gasteiger partial charge in [0.25, 0.3) is 5.91 Å². The normalized spacial score (nSPS) is 13.0. The maximum absolute atomic E-state index is 13.0. The molecule has 0 aliphatic carbocycles. The Morgan fingerprint density at radius 2 is 2.09 bits per heavy atom. The Hall–Kier alpha value is -1.93. The largest absolute Gasteiger partial charge is 0.416 e. The molecule has 22 heavy (non-hydrogen) atoms. The fourth-order valence-electron chi connectivity index (χ4n) is 2.03. The summed E-state index contributed by atoms with van der Waals surface area (Å²) in [5.41, 5.74) is -0.280. The van der Waals surface area contributed by atoms with Crippen molar-refractivity contribution >= 4 is 17.4 Å². The van der Waals surface area contributed by atoms with Gasteiger partial charge in [0.2, 0.25) is 0 Å². The molecule has 1 aromatic heterocycles. The van der Waals surface area contributed by atoms with Crippen LogP contribution in [0.2, 0.25) is 0 Å². The first-order valence-corrected chi connectivity index (χ1v) is 7.17. The zero-order chi connectivity index (χ0) is 16.3. The molecule has 1 unspecified atom stereocenters. The van der Waals surface area contributed by atoms with Crippen molar-refractivity contribution < 1.29 is 23.1 Å². The van der Waals surface area contributed by atoms with Crippen molar-refractivity contribution in [1.82, 2.24) is 9.69 Å². The average molecular weight is 330 g/mol. The second-order valence-electron chi connectivity index (χ2n) is 4.61. The molecule has 0 spiro atoms. The predicted octanol–water partition coefficient (Wildman–Crippen LogP) is 2.93. The monoisotopic (exact) mass is 330 g/mol. The number of carbonyl (C=O) groups is 1. The van der Waals surface area contributed by atoms with Crippen LogP contribution in [0.5, 0.6) is 0 Å². The van der Waals surface area contributed by atoms with Gasteiger partial charge in [0.05, 0.1) is 29.5 Å². The number of hydrogen-bond acceptors (Lipinski definition) is 4. The van der Waals surface area contributed by atoms with Crippen LogP contribution in [0, 0.1) is 6.92 Å². The van der Waals surface area contributed by atoms with Gasteiger partial charge in [0.15, 0.2) is 0 Å². The molecule has 1 atom stereocenters. The van der Waals surface area contributed by atoms with Crippen molar-refractivity contribution in [2.24, 2.45) is 0 Å². The maximum Gasteiger partial charge on any atom is 0.416 e. The van der Waals surface area contributed by atoms with Crippen molar-refractivity contribution in [2.75, 3.05) is 6.61 Å². The van der Waals surface area contributed by atoms with Gasteiger partial charge in [-0.2, -0.15) is 17.5 Å². The van der Waals surface area contributed by atoms with E-state index >= 15 is 0 Å². The van der Waals surface area contributed by atoms with E-state index < -0.39 is 30.3 Å². The number of aryl methyl sites for hydroxylation is 1. The Kier molecular flexibility index (Phi) is 4.82. The van der Waals surface area contributed by atoms with Crippen LogP contribution >= 0.6 is 11.5 Å². The Morgan fingerprint density at radius 3 is 2.64 bits per heavy atom. The summed E-state index contributed by atoms with van der Waals surface area (Å²) in [6, 6.07) is 3.70. The molecule has 2 N–H and O–H groups in total. The number of benzene rings is 1. The zero-order valence-electron chi connectivity index (χ0n) is 11.5. The Balaban J connectivity index is 2.30. The number of aliphatic hydroxyl groups is 1. The Labute approximate surface area is 128 Å². The number of hydrogen-bond donors (Lipinski definition) is 2. The minimum Gasteiger partial charge on any atom is -0.394 e. The average Bonchev–Trinajstić information content (AvgIpc) is 2.90. The highest BCUT2D eigenvalue weighted by atomic mass is 32.1. The quantitative estimate of drug-likeness (QED) is 0.906. The van der Waals surface area contributed by atoms with Crippen molar-refractivity contribution in [3.63, 3.8) is 0 Å². The first-order chi connectivity index (χ1) is 10.3. The predicted molar refractivity (Wildman–Crippen MR) is 75.6 cm³/mol. The van der Waals surface area contributed by atoms with Crippen LogP contribution in [-0.4, -0.2) is 22.0 Å². The molecule has 0 saturated carbocycles. The van der Waals surface area contributed by atoms with Crippen LogP contribution in [0.25, 0.3) is 0 Å². The van der Waals surface area contributed by atoms with E-state index in [1.165, 1.54) is 23.6 Å². The van der Waals surface area contributed by atoms with Crippen LogP contribution < -0.4 is 5.32 Å². The molecule has 0 bridgehead atoms. The molecule has 0 saturated heterocycles. The van der Waals surface area contributed by atoms with Crippen molar-refractivity contribution in [1.29, 1.82) is 0 Å². The van der Waals surface area contributed by atoms with Crippen LogP contribution in [0.1, 0.15) is 33.2 Å². The smallest absolute Gasteiger partial charge is 0.394 e. The van der Waals surface area contributed by atoms with Gasteiger partial charge >= 0.3 is 6.18 Å². The molecule has 1 heterocycles. The van der Waals surface area contributed by atoms with E-state index in [1.807, 2.05) is 0 Å². The third-order valence-electron chi connectivity index (χ3n) is 3.12. The highest BCUT2D eigenvalue weighted by Crippen LogP contribution is 2.34. The fourth-order valence-corrected chi connectivity index (χ4v) is 2.72. The van der Waals surface area contributed by atoms with Gasteiger partial charge in [0.1, 0.15) is 0 Å². The van der Waals surface area contributed by atoms with Crippen LogP contribution in [-0.2, 0) is 6.18 Å². The number of alkyl halides is 3. The number of nitrogens with zero attached hydrogens (tertiary/aromatic N) is 1. The summed E-state index contributed by atoms with van der Waals surface area (Å²) in [4.78, 5) is 12.1. The van der Waals surface area contributed by atoms with Crippen molar-refractivity contribution in [3.8, 4) is 0 Å². The lowest BCUT2D eigenvalue weighted by atomic mass is 10.00. The summed E-state index contributed by atoms with van der Waals surface area (Å²) in [6.45, 7) is 0.985. The van der Waals surface area contributed by atoms with Gasteiger partial charge in [-0.3, -0.25) is 4.79 Å². The SMILES string of the molecule is Cc1nscc1C(=O)NC(CO)c1ccccc1C(F)(F)F. The number of rotatable bonds is 4. The molecule has 4 nitrogen and oxygen atoms in total. The summed E-state index contributed by atoms with van der Waals surface area (Å²) in [5, 5.41) is 13.3. The van der Waals surface area contributed by atoms with Gasteiger partial charge in [-0.25, -0.2) is 0 Å². The maximum atomic E-state index is 13.0. The number of aromatic nitrogens is 1. The van der Waals surface area contributed by atoms with E-state index in [4.69, 9.17) is 0 Å². The number of halogens is 3. The molecule has 2 aromatic rings. The summed E-state index contributed by atoms with van der Waals surface area (Å²) in [6.07, 6.45) is -4.56. The minimum atomic E-state index is -4.56. The van der Waals surface area contributed by atoms with Crippen LogP contribution in [0.4, 0.5) is 13.2 Å². The fraction of sp³-hybridized carbons (Fsp3) is 0.286. The third-order valence-corrected chi connectivity index (χ3v) is 3.84. The van der Waals surface area contributed by atoms with Gasteiger partial charge in [-0.05, 0) is 30.1 Å². The molecule has 118 valence electrons. The van der Waals surface area contributed by atoms with E-state index in [2.05, 4.69) is 9.69 Å². The van der Waals surface area contributed by atoms with E-state index in [-0.39, 0.29) is 11.1 Å². The van der Waals surface area contributed by atoms with E-state index in [1.54, 1.807) is 6.92 Å². The first-order valence-electron chi connectivity index (χ1n) is 6.33. The standard InChI is InChI=1S/C14H13F3N2O2S/c1-8-10(7-22-19-8)13(21)18-12(6-20)9-4-2-3-5-11(9)14(15,16)17/h2-5,7,12,20H,6H2,1H3,(H,18,21). The summed E-state index contributed by atoms with van der Waals surface area (Å²) >= 11 is 1.08. The lowest BCUT2D eigenvalue weighted by Crippen LogP contribution is -2.32. The summed E-state index contributed by atoms with van der Waals surface area (Å²) in [7, 11) is 0. The van der Waals surface area contributed by atoms with Gasteiger partial charge in [-0.15, -0.1) is 0 Å². The lowest BCUT2D eigenvalue weighted by molar-refractivity contribution is -0.138. The molecule has 2 rings (SSSR count). The summed E-state index contributed by atoms with van der Waals surface area (Å²) < 4.78 is 43.0. The van der Waals surface area contributed by atoms with Crippen LogP contribution in [0.15, 0.2) is 29.6 Å². The van der Waals surface area contributed by atoms with Crippen LogP contribution in [0.3, 0.4) is 0 Å². The van der Waals surface area contributed by atoms with E-state index in [9.17, 15) is 23.1 Å². The van der Waals surface area contributed by atoms with Gasteiger partial charge in [0, 0.05) is 5.38 Å². The first kappa shape index (κ1) is 16.4. The van der Waals surface area contributed by atoms with Crippen molar-refractivity contribution in [2.45, 2.75) is 19.1 Å². The molecular formula is C14H13F3N2O2S. The molecule has 0 fully saturated rings. The van der Waals surface area contributed by atoms with Gasteiger partial charge < -0.3 is 10.4 Å². The van der Waals surface area contributed by atoms with Crippen molar-refractivity contribution in [3.05, 3.63) is 52.0 Å². The summed E-state index contributed by atoms with van der Waals surface area (Å²) in [5.74, 6) is -0.567. The second kappa shape index (κ2) is 6.45. The molecular weight excluding hydrogens is 317 g/mol. The Bertz CT molecular complexity index is 670. The van der Waals surface area contributed by atoms with E-state index in [0.29, 0.717) is 5.69 Å². The number of amides is 1. The molecule has 8 heteroatoms. The topological polar surface area (TPSA) is 62.2 Å². The number of carbonyl (C=O) groups excluding carboxylic acids is 1. The second-order valence-corrected chi connectivity index (χ2v) is 5.24. The molecule has 1 amide bonds. The van der Waals surface area contributed by atoms with Gasteiger partial charge in [-0.1, -0.05) is 18.2 Å². The van der Waals surface area contributed by atoms with E-state index in [0.717, 1.165) is 17.6 Å². The molecule has 0 aliphatic rings. The molecule has 1 aromatic carbocycles. The highest BCUT2D eigenvalue weighted by Gasteiger charge is 2.35. The molecule has 0 radical (unpaired) electrons. The zero-order valence-corrected chi connectivity index (χ0v) is 12.3.